The molecule has 3 nitrogen and oxygen atoms in total. The normalized spacial score (nSPS) is 19.1. The maximum absolute atomic E-state index is 12.1. The van der Waals surface area contributed by atoms with Gasteiger partial charge in [0.1, 0.15) is 0 Å². The second-order valence-electron chi connectivity index (χ2n) is 4.28. The predicted octanol–water partition coefficient (Wildman–Crippen LogP) is 1.86. The van der Waals surface area contributed by atoms with Crippen LogP contribution >= 0.6 is 0 Å². The van der Waals surface area contributed by atoms with Crippen LogP contribution in [0.25, 0.3) is 6.08 Å². The molecule has 16 heavy (non-hydrogen) atoms. The molecule has 1 heterocycles. The number of nitrogens with two attached hydrogens (primary N) is 1. The molecule has 2 N–H and O–H groups in total. The predicted molar refractivity (Wildman–Crippen MR) is 64.6 cm³/mol. The van der Waals surface area contributed by atoms with E-state index in [1.807, 2.05) is 19.9 Å². The van der Waals surface area contributed by atoms with E-state index in [1.54, 1.807) is 18.2 Å². The summed E-state index contributed by atoms with van der Waals surface area (Å²) >= 11 is 0. The molecular formula is C12H15NO2S. The fraction of sp³-hybridized carbons (Fsp3) is 0.333. The van der Waals surface area contributed by atoms with Crippen molar-refractivity contribution < 1.29 is 8.42 Å². The highest BCUT2D eigenvalue weighted by atomic mass is 32.2. The zero-order valence-electron chi connectivity index (χ0n) is 9.40. The van der Waals surface area contributed by atoms with Crippen LogP contribution in [0.5, 0.6) is 0 Å². The minimum atomic E-state index is -3.28. The third-order valence-electron chi connectivity index (χ3n) is 2.75. The van der Waals surface area contributed by atoms with Crippen molar-refractivity contribution in [2.24, 2.45) is 5.73 Å². The largest absolute Gasteiger partial charge is 0.328 e. The highest BCUT2D eigenvalue weighted by molar-refractivity contribution is 7.95. The molecule has 0 aliphatic carbocycles. The first-order valence-corrected chi connectivity index (χ1v) is 6.72. The van der Waals surface area contributed by atoms with Gasteiger partial charge in [-0.05, 0) is 43.5 Å². The average molecular weight is 237 g/mol. The summed E-state index contributed by atoms with van der Waals surface area (Å²) in [6.45, 7) is 3.73. The molecule has 0 bridgehead atoms. The quantitative estimate of drug-likeness (QED) is 0.854. The Hall–Kier alpha value is -1.13. The van der Waals surface area contributed by atoms with E-state index >= 15 is 0 Å². The van der Waals surface area contributed by atoms with Crippen molar-refractivity contribution in [1.82, 2.24) is 0 Å². The summed E-state index contributed by atoms with van der Waals surface area (Å²) in [6, 6.07) is 5.20. The first-order chi connectivity index (χ1) is 7.43. The molecule has 1 aliphatic heterocycles. The lowest BCUT2D eigenvalue weighted by Crippen LogP contribution is -2.17. The number of fused-ring (bicyclic) bond motifs is 1. The first-order valence-electron chi connectivity index (χ1n) is 5.24. The van der Waals surface area contributed by atoms with E-state index in [-0.39, 0.29) is 6.04 Å². The fourth-order valence-electron chi connectivity index (χ4n) is 1.94. The van der Waals surface area contributed by atoms with Crippen LogP contribution in [-0.2, 0) is 9.84 Å². The van der Waals surface area contributed by atoms with E-state index < -0.39 is 9.84 Å². The second-order valence-corrected chi connectivity index (χ2v) is 6.25. The Labute approximate surface area is 95.9 Å². The van der Waals surface area contributed by atoms with Crippen molar-refractivity contribution in [2.75, 3.05) is 0 Å². The molecule has 1 aromatic rings. The Balaban J connectivity index is 2.57. The van der Waals surface area contributed by atoms with Gasteiger partial charge in [-0.1, -0.05) is 12.1 Å². The van der Waals surface area contributed by atoms with Crippen LogP contribution in [0.4, 0.5) is 0 Å². The van der Waals surface area contributed by atoms with Crippen molar-refractivity contribution in [2.45, 2.75) is 31.2 Å². The van der Waals surface area contributed by atoms with Crippen LogP contribution in [0, 0.1) is 6.92 Å². The lowest BCUT2D eigenvalue weighted by molar-refractivity contribution is 0.599. The second kappa shape index (κ2) is 3.71. The Morgan fingerprint density at radius 3 is 2.62 bits per heavy atom. The third-order valence-corrected chi connectivity index (χ3v) is 4.66. The molecule has 0 saturated carbocycles. The molecule has 1 aliphatic rings. The van der Waals surface area contributed by atoms with Crippen molar-refractivity contribution >= 4 is 15.9 Å². The summed E-state index contributed by atoms with van der Waals surface area (Å²) in [6.07, 6.45) is 2.15. The molecule has 0 spiro atoms. The number of sulfone groups is 1. The molecule has 1 unspecified atom stereocenters. The van der Waals surface area contributed by atoms with Gasteiger partial charge in [-0.15, -0.1) is 0 Å². The van der Waals surface area contributed by atoms with Crippen LogP contribution in [0.15, 0.2) is 28.0 Å². The highest BCUT2D eigenvalue weighted by Crippen LogP contribution is 2.36. The van der Waals surface area contributed by atoms with Gasteiger partial charge in [0.15, 0.2) is 0 Å². The maximum atomic E-state index is 12.1. The molecule has 0 aromatic heterocycles. The summed E-state index contributed by atoms with van der Waals surface area (Å²) in [5.74, 6) is 0. The van der Waals surface area contributed by atoms with Crippen molar-refractivity contribution in [1.29, 1.82) is 0 Å². The van der Waals surface area contributed by atoms with E-state index in [1.165, 1.54) is 0 Å². The van der Waals surface area contributed by atoms with Gasteiger partial charge in [-0.2, -0.15) is 0 Å². The maximum Gasteiger partial charge on any atom is 0.203 e. The lowest BCUT2D eigenvalue weighted by atomic mass is 10.1. The molecule has 0 amide bonds. The number of aryl methyl sites for hydroxylation is 1. The Morgan fingerprint density at radius 2 is 2.06 bits per heavy atom. The van der Waals surface area contributed by atoms with E-state index in [0.717, 1.165) is 11.1 Å². The zero-order chi connectivity index (χ0) is 11.9. The summed E-state index contributed by atoms with van der Waals surface area (Å²) in [4.78, 5) is 0.856. The van der Waals surface area contributed by atoms with Crippen LogP contribution in [0.1, 0.15) is 24.5 Å². The van der Waals surface area contributed by atoms with Gasteiger partial charge in [-0.25, -0.2) is 8.42 Å². The van der Waals surface area contributed by atoms with Crippen LogP contribution in [0.3, 0.4) is 0 Å². The van der Waals surface area contributed by atoms with E-state index in [2.05, 4.69) is 0 Å². The molecule has 1 aromatic carbocycles. The molecule has 0 fully saturated rings. The van der Waals surface area contributed by atoms with Gasteiger partial charge >= 0.3 is 0 Å². The lowest BCUT2D eigenvalue weighted by Gasteiger charge is -2.06. The summed E-state index contributed by atoms with van der Waals surface area (Å²) in [5, 5.41) is 0. The topological polar surface area (TPSA) is 60.2 Å². The van der Waals surface area contributed by atoms with Crippen LogP contribution < -0.4 is 5.73 Å². The molecule has 86 valence electrons. The molecule has 0 saturated heterocycles. The number of benzene rings is 1. The number of rotatable bonds is 2. The minimum Gasteiger partial charge on any atom is -0.328 e. The van der Waals surface area contributed by atoms with Gasteiger partial charge < -0.3 is 5.73 Å². The molecular weight excluding hydrogens is 222 g/mol. The SMILES string of the molecule is Cc1cccc2c1C=C(CC(C)N)S2(=O)=O. The Kier molecular flexibility index (Phi) is 2.64. The number of hydrogen-bond acceptors (Lipinski definition) is 3. The average Bonchev–Trinajstić information content (AvgIpc) is 2.41. The fourth-order valence-corrected chi connectivity index (χ4v) is 3.74. The van der Waals surface area contributed by atoms with Gasteiger partial charge in [0.05, 0.1) is 9.80 Å². The summed E-state index contributed by atoms with van der Waals surface area (Å²) < 4.78 is 24.3. The first kappa shape index (κ1) is 11.4. The Morgan fingerprint density at radius 1 is 1.38 bits per heavy atom. The molecule has 1 atom stereocenters. The molecule has 2 rings (SSSR count). The van der Waals surface area contributed by atoms with Gasteiger partial charge in [0.25, 0.3) is 0 Å². The molecule has 0 radical (unpaired) electrons. The zero-order valence-corrected chi connectivity index (χ0v) is 10.2. The van der Waals surface area contributed by atoms with E-state index in [4.69, 9.17) is 5.73 Å². The Bertz CT molecular complexity index is 556. The van der Waals surface area contributed by atoms with Crippen LogP contribution in [-0.4, -0.2) is 14.5 Å². The van der Waals surface area contributed by atoms with Crippen molar-refractivity contribution in [3.8, 4) is 0 Å². The van der Waals surface area contributed by atoms with Crippen LogP contribution in [0.2, 0.25) is 0 Å². The summed E-state index contributed by atoms with van der Waals surface area (Å²) in [7, 11) is -3.28. The standard InChI is InChI=1S/C12H15NO2S/c1-8-4-3-5-12-11(8)7-10(6-9(2)13)16(12,14)15/h3-5,7,9H,6,13H2,1-2H3. The van der Waals surface area contributed by atoms with Crippen molar-refractivity contribution in [3.63, 3.8) is 0 Å². The monoisotopic (exact) mass is 237 g/mol. The number of hydrogen-bond donors (Lipinski definition) is 1. The van der Waals surface area contributed by atoms with Gasteiger partial charge in [-0.3, -0.25) is 0 Å². The summed E-state index contributed by atoms with van der Waals surface area (Å²) in [5.41, 5.74) is 7.47. The van der Waals surface area contributed by atoms with Gasteiger partial charge in [0.2, 0.25) is 9.84 Å². The third kappa shape index (κ3) is 1.68. The minimum absolute atomic E-state index is 0.143. The molecule has 4 heteroatoms. The van der Waals surface area contributed by atoms with Crippen molar-refractivity contribution in [3.05, 3.63) is 34.2 Å². The highest BCUT2D eigenvalue weighted by Gasteiger charge is 2.30. The smallest absolute Gasteiger partial charge is 0.203 e. The van der Waals surface area contributed by atoms with Gasteiger partial charge in [0, 0.05) is 6.04 Å². The van der Waals surface area contributed by atoms with E-state index in [0.29, 0.717) is 16.2 Å². The van der Waals surface area contributed by atoms with E-state index in [9.17, 15) is 8.42 Å².